The van der Waals surface area contributed by atoms with Gasteiger partial charge < -0.3 is 0 Å². The van der Waals surface area contributed by atoms with Crippen molar-refractivity contribution in [3.8, 4) is 0 Å². The quantitative estimate of drug-likeness (QED) is 0.506. The van der Waals surface area contributed by atoms with Crippen LogP contribution in [0.5, 0.6) is 0 Å². The molecule has 24 heavy (non-hydrogen) atoms. The van der Waals surface area contributed by atoms with Gasteiger partial charge in [0.15, 0.2) is 5.78 Å². The predicted octanol–water partition coefficient (Wildman–Crippen LogP) is 6.56. The monoisotopic (exact) mass is 322 g/mol. The fraction of sp³-hybridized carbons (Fsp3) is 0.435. The van der Waals surface area contributed by atoms with Gasteiger partial charge in [0.25, 0.3) is 0 Å². The molecule has 0 N–H and O–H groups in total. The van der Waals surface area contributed by atoms with Crippen LogP contribution in [0.4, 0.5) is 0 Å². The maximum Gasteiger partial charge on any atom is 0.192 e. The number of hydrogen-bond acceptors (Lipinski definition) is 1. The fourth-order valence-corrected chi connectivity index (χ4v) is 3.95. The van der Waals surface area contributed by atoms with Crippen molar-refractivity contribution in [1.29, 1.82) is 0 Å². The molecule has 0 atom stereocenters. The van der Waals surface area contributed by atoms with Crippen LogP contribution in [-0.4, -0.2) is 5.78 Å². The molecule has 0 fully saturated rings. The third kappa shape index (κ3) is 3.77. The van der Waals surface area contributed by atoms with Crippen molar-refractivity contribution >= 4 is 5.78 Å². The third-order valence-corrected chi connectivity index (χ3v) is 5.23. The lowest BCUT2D eigenvalue weighted by Gasteiger charge is -2.24. The first-order valence-corrected chi connectivity index (χ1v) is 9.24. The van der Waals surface area contributed by atoms with E-state index in [9.17, 15) is 4.79 Å². The van der Waals surface area contributed by atoms with Crippen LogP contribution in [0, 0.1) is 0 Å². The maximum absolute atomic E-state index is 13.4. The van der Waals surface area contributed by atoms with Crippen molar-refractivity contribution in [2.75, 3.05) is 0 Å². The van der Waals surface area contributed by atoms with E-state index >= 15 is 0 Å². The molecule has 0 amide bonds. The zero-order chi connectivity index (χ0) is 17.5. The van der Waals surface area contributed by atoms with Crippen molar-refractivity contribution in [3.05, 3.63) is 70.9 Å². The Morgan fingerprint density at radius 3 is 1.46 bits per heavy atom. The van der Waals surface area contributed by atoms with Gasteiger partial charge in [0.1, 0.15) is 0 Å². The smallest absolute Gasteiger partial charge is 0.192 e. The average molecular weight is 322 g/mol. The molecule has 0 aromatic heterocycles. The fourth-order valence-electron chi connectivity index (χ4n) is 3.95. The van der Waals surface area contributed by atoms with Crippen LogP contribution in [0.15, 0.2) is 70.9 Å². The molecule has 128 valence electrons. The number of rotatable bonds is 6. The molecule has 0 saturated heterocycles. The first kappa shape index (κ1) is 18.4. The van der Waals surface area contributed by atoms with E-state index in [0.717, 1.165) is 49.7 Å². The van der Waals surface area contributed by atoms with Crippen molar-refractivity contribution in [2.45, 2.75) is 65.2 Å². The van der Waals surface area contributed by atoms with E-state index in [1.54, 1.807) is 0 Å². The van der Waals surface area contributed by atoms with Crippen molar-refractivity contribution in [2.24, 2.45) is 0 Å². The summed E-state index contributed by atoms with van der Waals surface area (Å²) in [7, 11) is 0. The summed E-state index contributed by atoms with van der Waals surface area (Å²) in [5.41, 5.74) is 6.66. The number of Topliss-reactive ketones (excluding diaryl/α,β-unsaturated/α-hetero) is 1. The highest BCUT2D eigenvalue weighted by molar-refractivity contribution is 6.14. The van der Waals surface area contributed by atoms with Gasteiger partial charge >= 0.3 is 0 Å². The van der Waals surface area contributed by atoms with Gasteiger partial charge in [0.2, 0.25) is 0 Å². The summed E-state index contributed by atoms with van der Waals surface area (Å²) in [5, 5.41) is 0. The van der Waals surface area contributed by atoms with E-state index in [0.29, 0.717) is 0 Å². The van der Waals surface area contributed by atoms with Crippen LogP contribution < -0.4 is 0 Å². The van der Waals surface area contributed by atoms with Crippen molar-refractivity contribution < 1.29 is 4.79 Å². The SMILES string of the molecule is C=CC1=C(/C(=C\C)C(=O)/C(=C/C)C2=C(C=C)CCCC2)CCCC1. The summed E-state index contributed by atoms with van der Waals surface area (Å²) in [6.07, 6.45) is 16.6. The summed E-state index contributed by atoms with van der Waals surface area (Å²) >= 11 is 0. The zero-order valence-electron chi connectivity index (χ0n) is 15.3. The second kappa shape index (κ2) is 8.82. The van der Waals surface area contributed by atoms with Crippen LogP contribution >= 0.6 is 0 Å². The minimum Gasteiger partial charge on any atom is -0.289 e. The summed E-state index contributed by atoms with van der Waals surface area (Å²) in [5.74, 6) is 0.174. The molecule has 0 aromatic rings. The maximum atomic E-state index is 13.4. The molecule has 2 rings (SSSR count). The molecule has 2 aliphatic carbocycles. The van der Waals surface area contributed by atoms with Crippen LogP contribution in [0.25, 0.3) is 0 Å². The van der Waals surface area contributed by atoms with Gasteiger partial charge in [-0.05, 0) is 87.5 Å². The van der Waals surface area contributed by atoms with Gasteiger partial charge in [-0.25, -0.2) is 0 Å². The van der Waals surface area contributed by atoms with Gasteiger partial charge in [0, 0.05) is 11.1 Å². The first-order valence-electron chi connectivity index (χ1n) is 9.24. The molecule has 0 aromatic carbocycles. The number of carbonyl (C=O) groups is 1. The Balaban J connectivity index is 2.44. The number of ketones is 1. The largest absolute Gasteiger partial charge is 0.289 e. The van der Waals surface area contributed by atoms with Gasteiger partial charge in [-0.2, -0.15) is 0 Å². The minimum atomic E-state index is 0.174. The summed E-state index contributed by atoms with van der Waals surface area (Å²) in [6.45, 7) is 11.9. The van der Waals surface area contributed by atoms with E-state index in [4.69, 9.17) is 0 Å². The zero-order valence-corrected chi connectivity index (χ0v) is 15.3. The first-order chi connectivity index (χ1) is 11.7. The molecule has 0 bridgehead atoms. The standard InChI is InChI=1S/C23H30O/c1-5-17-13-9-11-15-21(17)19(7-3)23(24)20(8-4)22-16-12-10-14-18(22)6-2/h5-8H,1-2,9-16H2,3-4H3/b19-7+,20-8+. The average Bonchev–Trinajstić information content (AvgIpc) is 2.64. The Bertz CT molecular complexity index is 594. The molecule has 0 radical (unpaired) electrons. The molecule has 0 heterocycles. The number of carbonyl (C=O) groups excluding carboxylic acids is 1. The molecule has 0 aliphatic heterocycles. The van der Waals surface area contributed by atoms with E-state index in [-0.39, 0.29) is 5.78 Å². The highest BCUT2D eigenvalue weighted by atomic mass is 16.1. The molecule has 0 spiro atoms. The normalized spacial score (nSPS) is 20.2. The molecular formula is C23H30O. The minimum absolute atomic E-state index is 0.174. The lowest BCUT2D eigenvalue weighted by molar-refractivity contribution is -0.111. The van der Waals surface area contributed by atoms with Crippen LogP contribution in [-0.2, 0) is 4.79 Å². The van der Waals surface area contributed by atoms with E-state index in [1.807, 2.05) is 38.2 Å². The molecule has 0 unspecified atom stereocenters. The Morgan fingerprint density at radius 2 is 1.12 bits per heavy atom. The molecule has 1 nitrogen and oxygen atoms in total. The van der Waals surface area contributed by atoms with Crippen molar-refractivity contribution in [3.63, 3.8) is 0 Å². The summed E-state index contributed by atoms with van der Waals surface area (Å²) in [6, 6.07) is 0. The molecule has 0 saturated carbocycles. The summed E-state index contributed by atoms with van der Waals surface area (Å²) in [4.78, 5) is 13.4. The molecular weight excluding hydrogens is 292 g/mol. The van der Waals surface area contributed by atoms with Gasteiger partial charge in [0.05, 0.1) is 0 Å². The second-order valence-electron chi connectivity index (χ2n) is 6.56. The third-order valence-electron chi connectivity index (χ3n) is 5.23. The van der Waals surface area contributed by atoms with Crippen LogP contribution in [0.3, 0.4) is 0 Å². The predicted molar refractivity (Wildman–Crippen MR) is 104 cm³/mol. The van der Waals surface area contributed by atoms with Gasteiger partial charge in [-0.1, -0.05) is 37.5 Å². The molecule has 2 aliphatic rings. The van der Waals surface area contributed by atoms with E-state index in [1.165, 1.54) is 35.1 Å². The number of allylic oxidation sites excluding steroid dienone is 10. The van der Waals surface area contributed by atoms with Gasteiger partial charge in [-0.15, -0.1) is 0 Å². The molecule has 1 heteroatoms. The highest BCUT2D eigenvalue weighted by Crippen LogP contribution is 2.36. The Kier molecular flexibility index (Phi) is 6.78. The Morgan fingerprint density at radius 1 is 0.750 bits per heavy atom. The highest BCUT2D eigenvalue weighted by Gasteiger charge is 2.25. The van der Waals surface area contributed by atoms with Crippen LogP contribution in [0.1, 0.15) is 65.2 Å². The second-order valence-corrected chi connectivity index (χ2v) is 6.56. The number of hydrogen-bond donors (Lipinski definition) is 0. The van der Waals surface area contributed by atoms with Gasteiger partial charge in [-0.3, -0.25) is 4.79 Å². The van der Waals surface area contributed by atoms with E-state index < -0.39 is 0 Å². The topological polar surface area (TPSA) is 17.1 Å². The lowest BCUT2D eigenvalue weighted by Crippen LogP contribution is -2.15. The lowest BCUT2D eigenvalue weighted by atomic mass is 9.80. The van der Waals surface area contributed by atoms with Crippen molar-refractivity contribution in [1.82, 2.24) is 0 Å². The van der Waals surface area contributed by atoms with E-state index in [2.05, 4.69) is 13.2 Å². The Labute approximate surface area is 147 Å². The summed E-state index contributed by atoms with van der Waals surface area (Å²) < 4.78 is 0. The van der Waals surface area contributed by atoms with Crippen LogP contribution in [0.2, 0.25) is 0 Å². The Hall–Kier alpha value is -1.89.